The van der Waals surface area contributed by atoms with Gasteiger partial charge in [-0.2, -0.15) is 4.98 Å². The molecular formula is C14H10BrFN2O. The Morgan fingerprint density at radius 1 is 1.16 bits per heavy atom. The third kappa shape index (κ3) is 2.33. The number of nitrogens with zero attached hydrogens (tertiary/aromatic N) is 2. The van der Waals surface area contributed by atoms with Crippen LogP contribution in [-0.2, 0) is 5.33 Å². The van der Waals surface area contributed by atoms with Crippen molar-refractivity contribution < 1.29 is 9.13 Å². The molecule has 0 aliphatic carbocycles. The van der Waals surface area contributed by atoms with Crippen LogP contribution in [-0.4, -0.2) is 9.38 Å². The lowest BCUT2D eigenvalue weighted by atomic mass is 10.3. The highest BCUT2D eigenvalue weighted by Gasteiger charge is 2.12. The van der Waals surface area contributed by atoms with Gasteiger partial charge in [0.1, 0.15) is 17.2 Å². The van der Waals surface area contributed by atoms with Crippen LogP contribution in [0.1, 0.15) is 5.69 Å². The lowest BCUT2D eigenvalue weighted by Gasteiger charge is -2.04. The van der Waals surface area contributed by atoms with E-state index in [1.807, 2.05) is 28.8 Å². The van der Waals surface area contributed by atoms with E-state index in [-0.39, 0.29) is 5.82 Å². The highest BCUT2D eigenvalue weighted by Crippen LogP contribution is 2.27. The van der Waals surface area contributed by atoms with Crippen LogP contribution in [0.25, 0.3) is 5.65 Å². The van der Waals surface area contributed by atoms with Gasteiger partial charge in [-0.05, 0) is 36.4 Å². The molecule has 0 fully saturated rings. The monoisotopic (exact) mass is 320 g/mol. The van der Waals surface area contributed by atoms with E-state index >= 15 is 0 Å². The summed E-state index contributed by atoms with van der Waals surface area (Å²) in [5.41, 5.74) is 1.73. The second kappa shape index (κ2) is 5.01. The van der Waals surface area contributed by atoms with Gasteiger partial charge >= 0.3 is 0 Å². The number of halogens is 2. The summed E-state index contributed by atoms with van der Waals surface area (Å²) in [5, 5.41) is 0.620. The first-order valence-corrected chi connectivity index (χ1v) is 6.85. The van der Waals surface area contributed by atoms with Crippen molar-refractivity contribution in [3.05, 3.63) is 60.2 Å². The maximum atomic E-state index is 12.9. The molecule has 3 aromatic rings. The van der Waals surface area contributed by atoms with E-state index in [4.69, 9.17) is 4.74 Å². The minimum absolute atomic E-state index is 0.289. The minimum Gasteiger partial charge on any atom is -0.437 e. The Morgan fingerprint density at radius 2 is 1.95 bits per heavy atom. The normalized spacial score (nSPS) is 10.8. The topological polar surface area (TPSA) is 26.5 Å². The molecule has 0 radical (unpaired) electrons. The fourth-order valence-electron chi connectivity index (χ4n) is 1.84. The number of alkyl halides is 1. The van der Waals surface area contributed by atoms with Gasteiger partial charge in [-0.1, -0.05) is 22.0 Å². The molecule has 0 saturated heterocycles. The van der Waals surface area contributed by atoms with Crippen LogP contribution in [0.3, 0.4) is 0 Å². The average Bonchev–Trinajstić information content (AvgIpc) is 2.78. The highest BCUT2D eigenvalue weighted by molar-refractivity contribution is 9.08. The zero-order valence-electron chi connectivity index (χ0n) is 9.88. The minimum atomic E-state index is -0.289. The van der Waals surface area contributed by atoms with Crippen LogP contribution in [0, 0.1) is 5.82 Å². The molecule has 0 aliphatic rings. The van der Waals surface area contributed by atoms with Crippen LogP contribution in [0.15, 0.2) is 48.7 Å². The maximum Gasteiger partial charge on any atom is 0.242 e. The van der Waals surface area contributed by atoms with Crippen LogP contribution in [0.2, 0.25) is 0 Å². The molecule has 0 aliphatic heterocycles. The first-order valence-electron chi connectivity index (χ1n) is 5.73. The smallest absolute Gasteiger partial charge is 0.242 e. The van der Waals surface area contributed by atoms with Gasteiger partial charge in [0, 0.05) is 11.5 Å². The standard InChI is InChI=1S/C14H10BrFN2O/c15-9-12-14(17-13-3-1-2-8-18(12)13)19-11-6-4-10(16)5-7-11/h1-8H,9H2. The van der Waals surface area contributed by atoms with Crippen molar-refractivity contribution in [2.24, 2.45) is 0 Å². The second-order valence-electron chi connectivity index (χ2n) is 3.98. The van der Waals surface area contributed by atoms with Crippen molar-refractivity contribution >= 4 is 21.6 Å². The van der Waals surface area contributed by atoms with E-state index in [9.17, 15) is 4.39 Å². The van der Waals surface area contributed by atoms with Crippen LogP contribution in [0.4, 0.5) is 4.39 Å². The number of pyridine rings is 1. The predicted octanol–water partition coefficient (Wildman–Crippen LogP) is 4.16. The van der Waals surface area contributed by atoms with Gasteiger partial charge in [0.2, 0.25) is 5.88 Å². The summed E-state index contributed by atoms with van der Waals surface area (Å²) < 4.78 is 20.5. The van der Waals surface area contributed by atoms with Crippen molar-refractivity contribution in [3.8, 4) is 11.6 Å². The number of hydrogen-bond donors (Lipinski definition) is 0. The van der Waals surface area contributed by atoms with E-state index in [0.717, 1.165) is 11.3 Å². The first kappa shape index (κ1) is 12.2. The molecule has 2 heterocycles. The van der Waals surface area contributed by atoms with E-state index in [2.05, 4.69) is 20.9 Å². The number of fused-ring (bicyclic) bond motifs is 1. The van der Waals surface area contributed by atoms with Gasteiger partial charge in [0.05, 0.1) is 5.69 Å². The Bertz CT molecular complexity index is 709. The molecule has 19 heavy (non-hydrogen) atoms. The molecule has 0 amide bonds. The summed E-state index contributed by atoms with van der Waals surface area (Å²) in [7, 11) is 0. The van der Waals surface area contributed by atoms with Gasteiger partial charge in [-0.3, -0.25) is 4.40 Å². The van der Waals surface area contributed by atoms with Crippen LogP contribution < -0.4 is 4.74 Å². The van der Waals surface area contributed by atoms with Crippen molar-refractivity contribution in [1.82, 2.24) is 9.38 Å². The summed E-state index contributed by atoms with van der Waals surface area (Å²) in [6.07, 6.45) is 1.93. The average molecular weight is 321 g/mol. The Labute approximate surface area is 117 Å². The van der Waals surface area contributed by atoms with Crippen molar-refractivity contribution in [1.29, 1.82) is 0 Å². The summed E-state index contributed by atoms with van der Waals surface area (Å²) in [6.45, 7) is 0. The number of ether oxygens (including phenoxy) is 1. The molecular weight excluding hydrogens is 311 g/mol. The summed E-state index contributed by atoms with van der Waals surface area (Å²) in [4.78, 5) is 4.42. The van der Waals surface area contributed by atoms with E-state index in [0.29, 0.717) is 17.0 Å². The largest absolute Gasteiger partial charge is 0.437 e. The molecule has 0 spiro atoms. The van der Waals surface area contributed by atoms with Crippen molar-refractivity contribution in [2.45, 2.75) is 5.33 Å². The molecule has 5 heteroatoms. The van der Waals surface area contributed by atoms with Gasteiger partial charge in [-0.25, -0.2) is 4.39 Å². The SMILES string of the molecule is Fc1ccc(Oc2nc3ccccn3c2CBr)cc1. The maximum absolute atomic E-state index is 12.9. The van der Waals surface area contributed by atoms with Gasteiger partial charge in [-0.15, -0.1) is 0 Å². The Kier molecular flexibility index (Phi) is 3.21. The van der Waals surface area contributed by atoms with E-state index < -0.39 is 0 Å². The predicted molar refractivity (Wildman–Crippen MR) is 74.3 cm³/mol. The molecule has 96 valence electrons. The fourth-order valence-corrected chi connectivity index (χ4v) is 2.35. The molecule has 0 bridgehead atoms. The molecule has 0 N–H and O–H groups in total. The Hall–Kier alpha value is -1.88. The van der Waals surface area contributed by atoms with E-state index in [1.165, 1.54) is 12.1 Å². The molecule has 1 aromatic carbocycles. The summed E-state index contributed by atoms with van der Waals surface area (Å²) in [6, 6.07) is 11.6. The summed E-state index contributed by atoms with van der Waals surface area (Å²) >= 11 is 3.43. The zero-order valence-corrected chi connectivity index (χ0v) is 11.5. The lowest BCUT2D eigenvalue weighted by molar-refractivity contribution is 0.460. The van der Waals surface area contributed by atoms with Crippen molar-refractivity contribution in [2.75, 3.05) is 0 Å². The summed E-state index contributed by atoms with van der Waals surface area (Å²) in [5.74, 6) is 0.796. The number of imidazole rings is 1. The number of hydrogen-bond acceptors (Lipinski definition) is 2. The molecule has 0 saturated carbocycles. The van der Waals surface area contributed by atoms with Gasteiger partial charge in [0.15, 0.2) is 0 Å². The van der Waals surface area contributed by atoms with Crippen LogP contribution >= 0.6 is 15.9 Å². The van der Waals surface area contributed by atoms with Crippen LogP contribution in [0.5, 0.6) is 11.6 Å². The molecule has 0 atom stereocenters. The lowest BCUT2D eigenvalue weighted by Crippen LogP contribution is -1.91. The molecule has 0 unspecified atom stereocenters. The van der Waals surface area contributed by atoms with Gasteiger partial charge < -0.3 is 4.74 Å². The molecule has 3 nitrogen and oxygen atoms in total. The Morgan fingerprint density at radius 3 is 2.68 bits per heavy atom. The number of aromatic nitrogens is 2. The van der Waals surface area contributed by atoms with Crippen molar-refractivity contribution in [3.63, 3.8) is 0 Å². The van der Waals surface area contributed by atoms with E-state index in [1.54, 1.807) is 12.1 Å². The molecule has 3 rings (SSSR count). The Balaban J connectivity index is 2.02. The third-order valence-electron chi connectivity index (χ3n) is 2.75. The number of rotatable bonds is 3. The molecule has 2 aromatic heterocycles. The quantitative estimate of drug-likeness (QED) is 0.677. The first-order chi connectivity index (χ1) is 9.28. The van der Waals surface area contributed by atoms with Gasteiger partial charge in [0.25, 0.3) is 0 Å². The number of benzene rings is 1. The zero-order chi connectivity index (χ0) is 13.2. The second-order valence-corrected chi connectivity index (χ2v) is 4.54. The highest BCUT2D eigenvalue weighted by atomic mass is 79.9. The third-order valence-corrected chi connectivity index (χ3v) is 3.28. The fraction of sp³-hybridized carbons (Fsp3) is 0.0714.